The van der Waals surface area contributed by atoms with Gasteiger partial charge in [0.2, 0.25) is 5.91 Å². The summed E-state index contributed by atoms with van der Waals surface area (Å²) in [4.78, 5) is 22.8. The second-order valence-corrected chi connectivity index (χ2v) is 6.65. The van der Waals surface area contributed by atoms with Crippen LogP contribution in [0.25, 0.3) is 4.96 Å². The first-order valence-corrected chi connectivity index (χ1v) is 8.04. The minimum Gasteiger partial charge on any atom is -0.350 e. The van der Waals surface area contributed by atoms with Gasteiger partial charge in [0.05, 0.1) is 18.6 Å². The summed E-state index contributed by atoms with van der Waals surface area (Å²) in [6, 6.07) is 0.0953. The molecule has 0 saturated carbocycles. The van der Waals surface area contributed by atoms with Gasteiger partial charge in [0.15, 0.2) is 4.96 Å². The van der Waals surface area contributed by atoms with E-state index in [4.69, 9.17) is 0 Å². The standard InChI is InChI=1S/C15H19N5OS/c1-10(19-5-4-16-9-19)6-14(21)17-7-13-8-20-11(2)12(3)22-15(20)18-13/h4-5,8-10H,6-7H2,1-3H3,(H,17,21)/t10-/m1/s1. The van der Waals surface area contributed by atoms with Crippen LogP contribution in [0.3, 0.4) is 0 Å². The van der Waals surface area contributed by atoms with Gasteiger partial charge in [0.25, 0.3) is 0 Å². The highest BCUT2D eigenvalue weighted by Gasteiger charge is 2.12. The lowest BCUT2D eigenvalue weighted by Crippen LogP contribution is -2.25. The number of aryl methyl sites for hydroxylation is 2. The van der Waals surface area contributed by atoms with Crippen molar-refractivity contribution < 1.29 is 4.79 Å². The van der Waals surface area contributed by atoms with Crippen molar-refractivity contribution in [2.24, 2.45) is 0 Å². The van der Waals surface area contributed by atoms with Gasteiger partial charge in [0, 0.05) is 41.6 Å². The molecule has 0 bridgehead atoms. The molecule has 22 heavy (non-hydrogen) atoms. The molecule has 0 aliphatic heterocycles. The molecule has 3 heterocycles. The zero-order chi connectivity index (χ0) is 15.7. The molecular formula is C15H19N5OS. The molecule has 0 fully saturated rings. The third kappa shape index (κ3) is 2.89. The van der Waals surface area contributed by atoms with E-state index >= 15 is 0 Å². The van der Waals surface area contributed by atoms with E-state index in [-0.39, 0.29) is 11.9 Å². The lowest BCUT2D eigenvalue weighted by Gasteiger charge is -2.12. The van der Waals surface area contributed by atoms with Gasteiger partial charge in [-0.1, -0.05) is 0 Å². The van der Waals surface area contributed by atoms with Crippen LogP contribution in [0.4, 0.5) is 0 Å². The topological polar surface area (TPSA) is 64.2 Å². The summed E-state index contributed by atoms with van der Waals surface area (Å²) in [6.07, 6.45) is 7.74. The maximum absolute atomic E-state index is 12.0. The van der Waals surface area contributed by atoms with Gasteiger partial charge in [-0.2, -0.15) is 0 Å². The molecule has 0 radical (unpaired) electrons. The molecule has 0 spiro atoms. The Labute approximate surface area is 132 Å². The number of carbonyl (C=O) groups excluding carboxylic acids is 1. The number of nitrogens with zero attached hydrogens (tertiary/aromatic N) is 4. The van der Waals surface area contributed by atoms with Crippen LogP contribution in [0.5, 0.6) is 0 Å². The molecule has 0 saturated heterocycles. The van der Waals surface area contributed by atoms with Crippen LogP contribution in [-0.4, -0.2) is 24.8 Å². The first-order chi connectivity index (χ1) is 10.5. The summed E-state index contributed by atoms with van der Waals surface area (Å²) in [6.45, 7) is 6.63. The number of hydrogen-bond acceptors (Lipinski definition) is 4. The van der Waals surface area contributed by atoms with Gasteiger partial charge >= 0.3 is 0 Å². The molecule has 0 aromatic carbocycles. The van der Waals surface area contributed by atoms with Crippen molar-refractivity contribution in [2.45, 2.75) is 39.8 Å². The zero-order valence-corrected chi connectivity index (χ0v) is 13.7. The van der Waals surface area contributed by atoms with Crippen molar-refractivity contribution in [3.05, 3.63) is 41.2 Å². The summed E-state index contributed by atoms with van der Waals surface area (Å²) in [5.74, 6) is 0.0189. The number of fused-ring (bicyclic) bond motifs is 1. The van der Waals surface area contributed by atoms with Crippen LogP contribution in [0.1, 0.15) is 35.7 Å². The predicted octanol–water partition coefficient (Wildman–Crippen LogP) is 2.48. The molecule has 3 aromatic rings. The summed E-state index contributed by atoms with van der Waals surface area (Å²) >= 11 is 1.67. The predicted molar refractivity (Wildman–Crippen MR) is 85.9 cm³/mol. The Hall–Kier alpha value is -2.15. The fourth-order valence-electron chi connectivity index (χ4n) is 2.35. The van der Waals surface area contributed by atoms with Crippen molar-refractivity contribution >= 4 is 22.2 Å². The highest BCUT2D eigenvalue weighted by Crippen LogP contribution is 2.21. The molecule has 116 valence electrons. The summed E-state index contributed by atoms with van der Waals surface area (Å²) in [5, 5.41) is 2.93. The molecule has 1 N–H and O–H groups in total. The largest absolute Gasteiger partial charge is 0.350 e. The van der Waals surface area contributed by atoms with E-state index in [9.17, 15) is 4.79 Å². The summed E-state index contributed by atoms with van der Waals surface area (Å²) < 4.78 is 4.01. The number of carbonyl (C=O) groups is 1. The first kappa shape index (κ1) is 14.8. The minimum absolute atomic E-state index is 0.0189. The van der Waals surface area contributed by atoms with Crippen molar-refractivity contribution in [2.75, 3.05) is 0 Å². The minimum atomic E-state index is 0.0189. The SMILES string of the molecule is Cc1sc2nc(CNC(=O)C[C@@H](C)n3ccnc3)cn2c1C. The van der Waals surface area contributed by atoms with Crippen LogP contribution in [0.15, 0.2) is 24.9 Å². The van der Waals surface area contributed by atoms with Crippen molar-refractivity contribution in [3.8, 4) is 0 Å². The molecule has 1 atom stereocenters. The molecule has 7 heteroatoms. The van der Waals surface area contributed by atoms with Crippen molar-refractivity contribution in [1.82, 2.24) is 24.3 Å². The maximum Gasteiger partial charge on any atom is 0.222 e. The van der Waals surface area contributed by atoms with Crippen molar-refractivity contribution in [3.63, 3.8) is 0 Å². The fourth-order valence-corrected chi connectivity index (χ4v) is 3.32. The molecule has 0 aliphatic rings. The average molecular weight is 317 g/mol. The Balaban J connectivity index is 1.58. The highest BCUT2D eigenvalue weighted by molar-refractivity contribution is 7.17. The van der Waals surface area contributed by atoms with Gasteiger partial charge in [-0.05, 0) is 20.8 Å². The van der Waals surface area contributed by atoms with Gasteiger partial charge in [0.1, 0.15) is 0 Å². The third-order valence-corrected chi connectivity index (χ3v) is 4.89. The monoisotopic (exact) mass is 317 g/mol. The van der Waals surface area contributed by atoms with Crippen molar-refractivity contribution in [1.29, 1.82) is 0 Å². The van der Waals surface area contributed by atoms with Gasteiger partial charge in [-0.15, -0.1) is 11.3 Å². The number of aromatic nitrogens is 4. The molecule has 0 aliphatic carbocycles. The molecule has 0 unspecified atom stereocenters. The van der Waals surface area contributed by atoms with E-state index < -0.39 is 0 Å². The van der Waals surface area contributed by atoms with E-state index in [0.29, 0.717) is 13.0 Å². The quantitative estimate of drug-likeness (QED) is 0.786. The second-order valence-electron chi connectivity index (χ2n) is 5.47. The first-order valence-electron chi connectivity index (χ1n) is 7.22. The van der Waals surface area contributed by atoms with Crippen LogP contribution < -0.4 is 5.32 Å². The number of amides is 1. The summed E-state index contributed by atoms with van der Waals surface area (Å²) in [5.41, 5.74) is 2.09. The lowest BCUT2D eigenvalue weighted by atomic mass is 10.2. The van der Waals surface area contributed by atoms with Crippen LogP contribution in [-0.2, 0) is 11.3 Å². The Kier molecular flexibility index (Phi) is 3.98. The fraction of sp³-hybridized carbons (Fsp3) is 0.400. The van der Waals surface area contributed by atoms with Gasteiger partial charge in [-0.25, -0.2) is 9.97 Å². The lowest BCUT2D eigenvalue weighted by molar-refractivity contribution is -0.121. The van der Waals surface area contributed by atoms with Crippen LogP contribution >= 0.6 is 11.3 Å². The van der Waals surface area contributed by atoms with Crippen LogP contribution in [0.2, 0.25) is 0 Å². The molecule has 6 nitrogen and oxygen atoms in total. The Morgan fingerprint density at radius 1 is 1.45 bits per heavy atom. The second kappa shape index (κ2) is 5.92. The summed E-state index contributed by atoms with van der Waals surface area (Å²) in [7, 11) is 0. The Bertz CT molecular complexity index is 786. The van der Waals surface area contributed by atoms with Gasteiger partial charge in [-0.3, -0.25) is 9.20 Å². The smallest absolute Gasteiger partial charge is 0.222 e. The van der Waals surface area contributed by atoms with E-state index in [1.807, 2.05) is 23.9 Å². The highest BCUT2D eigenvalue weighted by atomic mass is 32.1. The Morgan fingerprint density at radius 3 is 2.95 bits per heavy atom. The van der Waals surface area contributed by atoms with E-state index in [1.165, 1.54) is 10.6 Å². The number of nitrogens with one attached hydrogen (secondary N) is 1. The zero-order valence-electron chi connectivity index (χ0n) is 12.9. The molecular weight excluding hydrogens is 298 g/mol. The number of hydrogen-bond donors (Lipinski definition) is 1. The number of rotatable bonds is 5. The molecule has 3 aromatic heterocycles. The average Bonchev–Trinajstić information content (AvgIpc) is 3.17. The number of thiazole rings is 1. The molecule has 3 rings (SSSR count). The van der Waals surface area contributed by atoms with E-state index in [2.05, 4.69) is 33.5 Å². The number of imidazole rings is 2. The third-order valence-electron chi connectivity index (χ3n) is 3.82. The Morgan fingerprint density at radius 2 is 2.27 bits per heavy atom. The molecule has 1 amide bonds. The van der Waals surface area contributed by atoms with Crippen LogP contribution in [0, 0.1) is 13.8 Å². The van der Waals surface area contributed by atoms with E-state index in [0.717, 1.165) is 10.7 Å². The van der Waals surface area contributed by atoms with E-state index in [1.54, 1.807) is 23.9 Å². The van der Waals surface area contributed by atoms with Gasteiger partial charge < -0.3 is 9.88 Å². The normalized spacial score (nSPS) is 12.7. The maximum atomic E-state index is 12.0.